The molecule has 3 unspecified atom stereocenters. The van der Waals surface area contributed by atoms with Crippen molar-refractivity contribution in [2.75, 3.05) is 26.9 Å². The molecule has 3 atom stereocenters. The second-order valence-corrected chi connectivity index (χ2v) is 6.71. The van der Waals surface area contributed by atoms with Crippen molar-refractivity contribution in [3.8, 4) is 0 Å². The summed E-state index contributed by atoms with van der Waals surface area (Å²) in [4.78, 5) is 14.7. The summed E-state index contributed by atoms with van der Waals surface area (Å²) in [5.74, 6) is 0.613. The van der Waals surface area contributed by atoms with Crippen molar-refractivity contribution >= 4 is 5.91 Å². The van der Waals surface area contributed by atoms with Gasteiger partial charge >= 0.3 is 0 Å². The Morgan fingerprint density at radius 2 is 2.29 bits per heavy atom. The number of carbonyl (C=O) groups excluding carboxylic acids is 1. The van der Waals surface area contributed by atoms with Crippen molar-refractivity contribution < 1.29 is 14.3 Å². The fourth-order valence-electron chi connectivity index (χ4n) is 3.30. The molecule has 5 heteroatoms. The summed E-state index contributed by atoms with van der Waals surface area (Å²) in [6, 6.07) is -0.0337. The molecule has 0 bridgehead atoms. The van der Waals surface area contributed by atoms with Gasteiger partial charge in [-0.1, -0.05) is 33.6 Å². The first-order chi connectivity index (χ1) is 10.0. The smallest absolute Gasteiger partial charge is 0.241 e. The Morgan fingerprint density at radius 1 is 1.52 bits per heavy atom. The Morgan fingerprint density at radius 3 is 2.81 bits per heavy atom. The van der Waals surface area contributed by atoms with Gasteiger partial charge in [0.15, 0.2) is 0 Å². The quantitative estimate of drug-likeness (QED) is 0.778. The fourth-order valence-corrected chi connectivity index (χ4v) is 3.30. The van der Waals surface area contributed by atoms with E-state index in [1.807, 2.05) is 4.90 Å². The largest absolute Gasteiger partial charge is 0.378 e. The molecule has 1 N–H and O–H groups in total. The topological polar surface area (TPSA) is 50.8 Å². The number of nitrogens with zero attached hydrogens (tertiary/aromatic N) is 1. The molecule has 2 aliphatic heterocycles. The van der Waals surface area contributed by atoms with E-state index in [2.05, 4.69) is 26.1 Å². The summed E-state index contributed by atoms with van der Waals surface area (Å²) in [6.45, 7) is 8.40. The number of ether oxygens (including phenoxy) is 2. The summed E-state index contributed by atoms with van der Waals surface area (Å²) < 4.78 is 11.2. The SMILES string of the molecule is CCCCC1NC(C(C)C)N(CC2(OC)CCOC2)C1=O. The number of methoxy groups -OCH3 is 1. The van der Waals surface area contributed by atoms with Crippen LogP contribution in [0.2, 0.25) is 0 Å². The van der Waals surface area contributed by atoms with Gasteiger partial charge in [0.1, 0.15) is 5.60 Å². The third-order valence-electron chi connectivity index (χ3n) is 4.73. The maximum Gasteiger partial charge on any atom is 0.241 e. The fraction of sp³-hybridized carbons (Fsp3) is 0.938. The zero-order valence-electron chi connectivity index (χ0n) is 13.9. The molecule has 21 heavy (non-hydrogen) atoms. The highest BCUT2D eigenvalue weighted by molar-refractivity contribution is 5.84. The molecular formula is C16H30N2O3. The van der Waals surface area contributed by atoms with Crippen molar-refractivity contribution in [3.63, 3.8) is 0 Å². The maximum absolute atomic E-state index is 12.7. The Bertz CT molecular complexity index is 353. The van der Waals surface area contributed by atoms with E-state index in [1.54, 1.807) is 7.11 Å². The van der Waals surface area contributed by atoms with Crippen LogP contribution >= 0.6 is 0 Å². The molecule has 2 heterocycles. The van der Waals surface area contributed by atoms with E-state index in [0.29, 0.717) is 19.1 Å². The van der Waals surface area contributed by atoms with Crippen LogP contribution in [0.25, 0.3) is 0 Å². The minimum atomic E-state index is -0.329. The van der Waals surface area contributed by atoms with Crippen molar-refractivity contribution in [1.82, 2.24) is 10.2 Å². The predicted octanol–water partition coefficient (Wildman–Crippen LogP) is 1.76. The average Bonchev–Trinajstić information content (AvgIpc) is 3.05. The van der Waals surface area contributed by atoms with Crippen molar-refractivity contribution in [1.29, 1.82) is 0 Å². The molecular weight excluding hydrogens is 268 g/mol. The summed E-state index contributed by atoms with van der Waals surface area (Å²) in [5, 5.41) is 3.52. The highest BCUT2D eigenvalue weighted by atomic mass is 16.5. The van der Waals surface area contributed by atoms with E-state index in [4.69, 9.17) is 9.47 Å². The van der Waals surface area contributed by atoms with Gasteiger partial charge in [-0.25, -0.2) is 0 Å². The van der Waals surface area contributed by atoms with Gasteiger partial charge in [0.2, 0.25) is 5.91 Å². The molecule has 2 rings (SSSR count). The monoisotopic (exact) mass is 298 g/mol. The molecule has 2 saturated heterocycles. The molecule has 0 aromatic carbocycles. The van der Waals surface area contributed by atoms with E-state index in [-0.39, 0.29) is 23.7 Å². The van der Waals surface area contributed by atoms with Crippen LogP contribution < -0.4 is 5.32 Å². The van der Waals surface area contributed by atoms with Crippen molar-refractivity contribution in [2.24, 2.45) is 5.92 Å². The van der Waals surface area contributed by atoms with Crippen LogP contribution in [0.15, 0.2) is 0 Å². The van der Waals surface area contributed by atoms with E-state index in [9.17, 15) is 4.79 Å². The van der Waals surface area contributed by atoms with E-state index >= 15 is 0 Å². The van der Waals surface area contributed by atoms with E-state index < -0.39 is 0 Å². The zero-order valence-corrected chi connectivity index (χ0v) is 13.9. The van der Waals surface area contributed by atoms with Gasteiger partial charge in [0, 0.05) is 20.1 Å². The molecule has 5 nitrogen and oxygen atoms in total. The number of hydrogen-bond acceptors (Lipinski definition) is 4. The van der Waals surface area contributed by atoms with Crippen LogP contribution in [0, 0.1) is 5.92 Å². The number of nitrogens with one attached hydrogen (secondary N) is 1. The number of unbranched alkanes of at least 4 members (excludes halogenated alkanes) is 1. The minimum absolute atomic E-state index is 0.0337. The van der Waals surface area contributed by atoms with E-state index in [0.717, 1.165) is 32.3 Å². The number of amides is 1. The lowest BCUT2D eigenvalue weighted by Crippen LogP contribution is -2.51. The molecule has 0 aliphatic carbocycles. The lowest BCUT2D eigenvalue weighted by molar-refractivity contribution is -0.135. The minimum Gasteiger partial charge on any atom is -0.378 e. The second kappa shape index (κ2) is 7.07. The van der Waals surface area contributed by atoms with Crippen LogP contribution in [0.1, 0.15) is 46.5 Å². The molecule has 1 amide bonds. The highest BCUT2D eigenvalue weighted by Gasteiger charge is 2.45. The summed E-state index contributed by atoms with van der Waals surface area (Å²) in [6.07, 6.45) is 4.09. The number of carbonyl (C=O) groups is 1. The van der Waals surface area contributed by atoms with Gasteiger partial charge in [-0.05, 0) is 12.3 Å². The van der Waals surface area contributed by atoms with Crippen LogP contribution in [-0.4, -0.2) is 55.5 Å². The van der Waals surface area contributed by atoms with Crippen LogP contribution in [0.5, 0.6) is 0 Å². The summed E-state index contributed by atoms with van der Waals surface area (Å²) in [7, 11) is 1.72. The van der Waals surface area contributed by atoms with Crippen molar-refractivity contribution in [2.45, 2.75) is 64.3 Å². The first-order valence-electron chi connectivity index (χ1n) is 8.22. The molecule has 0 spiro atoms. The summed E-state index contributed by atoms with van der Waals surface area (Å²) >= 11 is 0. The Kier molecular flexibility index (Phi) is 5.63. The van der Waals surface area contributed by atoms with Gasteiger partial charge in [0.25, 0.3) is 0 Å². The predicted molar refractivity (Wildman–Crippen MR) is 82.0 cm³/mol. The van der Waals surface area contributed by atoms with Gasteiger partial charge in [-0.15, -0.1) is 0 Å². The van der Waals surface area contributed by atoms with Crippen molar-refractivity contribution in [3.05, 3.63) is 0 Å². The molecule has 2 fully saturated rings. The third kappa shape index (κ3) is 3.58. The Balaban J connectivity index is 2.08. The Hall–Kier alpha value is -0.650. The third-order valence-corrected chi connectivity index (χ3v) is 4.73. The molecule has 0 aromatic rings. The maximum atomic E-state index is 12.7. The van der Waals surface area contributed by atoms with Gasteiger partial charge in [-0.3, -0.25) is 10.1 Å². The van der Waals surface area contributed by atoms with E-state index in [1.165, 1.54) is 0 Å². The number of rotatable bonds is 7. The highest BCUT2D eigenvalue weighted by Crippen LogP contribution is 2.28. The van der Waals surface area contributed by atoms with Gasteiger partial charge < -0.3 is 14.4 Å². The Labute approximate surface area is 128 Å². The lowest BCUT2D eigenvalue weighted by Gasteiger charge is -2.35. The van der Waals surface area contributed by atoms with Crippen LogP contribution in [-0.2, 0) is 14.3 Å². The molecule has 122 valence electrons. The molecule has 0 aromatic heterocycles. The first-order valence-corrected chi connectivity index (χ1v) is 8.22. The summed E-state index contributed by atoms with van der Waals surface area (Å²) in [5.41, 5.74) is -0.329. The first kappa shape index (κ1) is 16.7. The number of hydrogen-bond donors (Lipinski definition) is 1. The van der Waals surface area contributed by atoms with Gasteiger partial charge in [-0.2, -0.15) is 0 Å². The van der Waals surface area contributed by atoms with Crippen LogP contribution in [0.4, 0.5) is 0 Å². The molecule has 0 radical (unpaired) electrons. The second-order valence-electron chi connectivity index (χ2n) is 6.71. The molecule has 0 saturated carbocycles. The zero-order chi connectivity index (χ0) is 15.5. The lowest BCUT2D eigenvalue weighted by atomic mass is 10.0. The van der Waals surface area contributed by atoms with Crippen LogP contribution in [0.3, 0.4) is 0 Å². The standard InChI is InChI=1S/C16H30N2O3/c1-5-6-7-13-15(19)18(14(17-13)12(2)3)10-16(20-4)8-9-21-11-16/h12-14,17H,5-11H2,1-4H3. The normalized spacial score (nSPS) is 33.4. The van der Waals surface area contributed by atoms with Gasteiger partial charge in [0.05, 0.1) is 25.4 Å². The molecule has 2 aliphatic rings. The average molecular weight is 298 g/mol.